The summed E-state index contributed by atoms with van der Waals surface area (Å²) in [5, 5.41) is 15.9. The summed E-state index contributed by atoms with van der Waals surface area (Å²) in [7, 11) is 1.87. The zero-order chi connectivity index (χ0) is 11.8. The van der Waals surface area contributed by atoms with Gasteiger partial charge in [0.2, 0.25) is 5.16 Å². The monoisotopic (exact) mass is 243 g/mol. The Kier molecular flexibility index (Phi) is 6.40. The highest BCUT2D eigenvalue weighted by Gasteiger charge is 2.10. The van der Waals surface area contributed by atoms with Gasteiger partial charge in [-0.1, -0.05) is 32.0 Å². The summed E-state index contributed by atoms with van der Waals surface area (Å²) in [6, 6.07) is 0.562. The topological polar surface area (TPSA) is 55.6 Å². The van der Waals surface area contributed by atoms with Crippen molar-refractivity contribution in [2.45, 2.75) is 44.3 Å². The summed E-state index contributed by atoms with van der Waals surface area (Å²) < 4.78 is 1.72. The van der Waals surface area contributed by atoms with E-state index in [1.807, 2.05) is 7.05 Å². The highest BCUT2D eigenvalue weighted by atomic mass is 32.2. The summed E-state index contributed by atoms with van der Waals surface area (Å²) in [6.45, 7) is 5.49. The van der Waals surface area contributed by atoms with Crippen LogP contribution >= 0.6 is 11.8 Å². The average molecular weight is 243 g/mol. The first-order valence-corrected chi connectivity index (χ1v) is 6.85. The zero-order valence-corrected chi connectivity index (χ0v) is 11.1. The quantitative estimate of drug-likeness (QED) is 0.701. The van der Waals surface area contributed by atoms with Gasteiger partial charge in [0.25, 0.3) is 0 Å². The van der Waals surface area contributed by atoms with Crippen molar-refractivity contribution >= 4 is 11.8 Å². The molecule has 5 nitrogen and oxygen atoms in total. The van der Waals surface area contributed by atoms with Crippen molar-refractivity contribution in [2.24, 2.45) is 7.05 Å². The molecule has 1 atom stereocenters. The van der Waals surface area contributed by atoms with Crippen molar-refractivity contribution < 1.29 is 0 Å². The highest BCUT2D eigenvalue weighted by molar-refractivity contribution is 7.99. The van der Waals surface area contributed by atoms with Crippen LogP contribution in [0.2, 0.25) is 0 Å². The van der Waals surface area contributed by atoms with E-state index in [9.17, 15) is 0 Å². The van der Waals surface area contributed by atoms with Crippen LogP contribution in [0.15, 0.2) is 5.16 Å². The molecular weight excluding hydrogens is 222 g/mol. The van der Waals surface area contributed by atoms with Crippen LogP contribution in [0.5, 0.6) is 0 Å². The van der Waals surface area contributed by atoms with Crippen LogP contribution in [0, 0.1) is 0 Å². The summed E-state index contributed by atoms with van der Waals surface area (Å²) in [5.74, 6) is 1.03. The lowest BCUT2D eigenvalue weighted by Gasteiger charge is -2.16. The summed E-state index contributed by atoms with van der Waals surface area (Å²) in [4.78, 5) is 0. The van der Waals surface area contributed by atoms with Crippen LogP contribution in [-0.2, 0) is 7.05 Å². The fraction of sp³-hybridized carbons (Fsp3) is 0.900. The maximum absolute atomic E-state index is 3.97. The molecule has 0 bridgehead atoms. The van der Waals surface area contributed by atoms with Crippen molar-refractivity contribution in [1.29, 1.82) is 0 Å². The number of hydrogen-bond donors (Lipinski definition) is 1. The molecule has 0 fully saturated rings. The minimum absolute atomic E-state index is 0.562. The Morgan fingerprint density at radius 1 is 1.38 bits per heavy atom. The van der Waals surface area contributed by atoms with E-state index in [2.05, 4.69) is 34.7 Å². The van der Waals surface area contributed by atoms with Gasteiger partial charge in [0.15, 0.2) is 0 Å². The molecule has 0 radical (unpaired) electrons. The Hall–Kier alpha value is -0.620. The number of nitrogens with zero attached hydrogens (tertiary/aromatic N) is 4. The third-order valence-electron chi connectivity index (χ3n) is 2.32. The molecule has 1 N–H and O–H groups in total. The molecule has 0 aliphatic rings. The number of hydrogen-bond acceptors (Lipinski definition) is 5. The normalized spacial score (nSPS) is 12.9. The molecule has 1 heterocycles. The van der Waals surface area contributed by atoms with Gasteiger partial charge in [-0.05, 0) is 29.8 Å². The zero-order valence-electron chi connectivity index (χ0n) is 10.3. The van der Waals surface area contributed by atoms with Crippen LogP contribution in [0.3, 0.4) is 0 Å². The maximum Gasteiger partial charge on any atom is 0.209 e. The lowest BCUT2D eigenvalue weighted by atomic mass is 10.2. The number of rotatable bonds is 8. The Labute approximate surface area is 101 Å². The fourth-order valence-electron chi connectivity index (χ4n) is 1.46. The lowest BCUT2D eigenvalue weighted by Crippen LogP contribution is -2.31. The number of tetrazole rings is 1. The van der Waals surface area contributed by atoms with Crippen LogP contribution in [0.4, 0.5) is 0 Å². The van der Waals surface area contributed by atoms with E-state index in [0.29, 0.717) is 6.04 Å². The van der Waals surface area contributed by atoms with Crippen molar-refractivity contribution in [3.8, 4) is 0 Å². The smallest absolute Gasteiger partial charge is 0.209 e. The van der Waals surface area contributed by atoms with E-state index in [1.54, 1.807) is 16.4 Å². The van der Waals surface area contributed by atoms with E-state index in [4.69, 9.17) is 0 Å². The van der Waals surface area contributed by atoms with Gasteiger partial charge < -0.3 is 5.32 Å². The van der Waals surface area contributed by atoms with Gasteiger partial charge in [-0.3, -0.25) is 0 Å². The van der Waals surface area contributed by atoms with Crippen LogP contribution < -0.4 is 5.32 Å². The van der Waals surface area contributed by atoms with Crippen molar-refractivity contribution in [2.75, 3.05) is 12.3 Å². The molecule has 6 heteroatoms. The predicted molar refractivity (Wildman–Crippen MR) is 66.5 cm³/mol. The van der Waals surface area contributed by atoms with Crippen LogP contribution in [0.1, 0.15) is 33.1 Å². The second-order valence-corrected chi connectivity index (χ2v) is 4.82. The van der Waals surface area contributed by atoms with Crippen LogP contribution in [0.25, 0.3) is 0 Å². The number of aryl methyl sites for hydroxylation is 1. The molecule has 1 unspecified atom stereocenters. The van der Waals surface area contributed by atoms with Gasteiger partial charge >= 0.3 is 0 Å². The molecule has 1 rings (SSSR count). The third-order valence-corrected chi connectivity index (χ3v) is 3.49. The van der Waals surface area contributed by atoms with E-state index in [-0.39, 0.29) is 0 Å². The SMILES string of the molecule is CCCNC(CCC)CSc1nnnn1C. The van der Waals surface area contributed by atoms with Crippen LogP contribution in [-0.4, -0.2) is 38.5 Å². The highest BCUT2D eigenvalue weighted by Crippen LogP contribution is 2.15. The number of thioether (sulfide) groups is 1. The molecule has 92 valence electrons. The molecule has 0 spiro atoms. The minimum atomic E-state index is 0.562. The Balaban J connectivity index is 2.34. The second-order valence-electron chi connectivity index (χ2n) is 3.84. The molecular formula is C10H21N5S. The first-order valence-electron chi connectivity index (χ1n) is 5.86. The van der Waals surface area contributed by atoms with Crippen molar-refractivity contribution in [3.63, 3.8) is 0 Å². The Morgan fingerprint density at radius 3 is 2.75 bits per heavy atom. The molecule has 0 saturated carbocycles. The second kappa shape index (κ2) is 7.62. The van der Waals surface area contributed by atoms with Crippen molar-refractivity contribution in [3.05, 3.63) is 0 Å². The van der Waals surface area contributed by atoms with Gasteiger partial charge in [-0.2, -0.15) is 0 Å². The van der Waals surface area contributed by atoms with E-state index < -0.39 is 0 Å². The summed E-state index contributed by atoms with van der Waals surface area (Å²) in [6.07, 6.45) is 3.59. The lowest BCUT2D eigenvalue weighted by molar-refractivity contribution is 0.514. The first-order chi connectivity index (χ1) is 7.77. The fourth-order valence-corrected chi connectivity index (χ4v) is 2.41. The third kappa shape index (κ3) is 4.49. The van der Waals surface area contributed by atoms with Gasteiger partial charge in [0.05, 0.1) is 0 Å². The largest absolute Gasteiger partial charge is 0.313 e. The molecule has 0 aliphatic heterocycles. The molecule has 16 heavy (non-hydrogen) atoms. The predicted octanol–water partition coefficient (Wildman–Crippen LogP) is 1.47. The van der Waals surface area contributed by atoms with E-state index in [0.717, 1.165) is 17.5 Å². The summed E-state index contributed by atoms with van der Waals surface area (Å²) in [5.41, 5.74) is 0. The minimum Gasteiger partial charge on any atom is -0.313 e. The van der Waals surface area contributed by atoms with Crippen molar-refractivity contribution in [1.82, 2.24) is 25.5 Å². The molecule has 1 aromatic rings. The van der Waals surface area contributed by atoms with Gasteiger partial charge in [-0.25, -0.2) is 4.68 Å². The molecule has 0 aliphatic carbocycles. The average Bonchev–Trinajstić information content (AvgIpc) is 2.68. The Bertz CT molecular complexity index is 288. The van der Waals surface area contributed by atoms with Gasteiger partial charge in [-0.15, -0.1) is 5.10 Å². The number of nitrogens with one attached hydrogen (secondary N) is 1. The van der Waals surface area contributed by atoms with Gasteiger partial charge in [0, 0.05) is 18.8 Å². The number of aromatic nitrogens is 4. The van der Waals surface area contributed by atoms with Gasteiger partial charge in [0.1, 0.15) is 0 Å². The van der Waals surface area contributed by atoms with E-state index in [1.165, 1.54) is 19.3 Å². The maximum atomic E-state index is 3.97. The molecule has 0 amide bonds. The van der Waals surface area contributed by atoms with E-state index >= 15 is 0 Å². The standard InChI is InChI=1S/C10H21N5S/c1-4-6-9(11-7-5-2)8-16-10-12-13-14-15(10)3/h9,11H,4-8H2,1-3H3. The first kappa shape index (κ1) is 13.4. The molecule has 0 aromatic carbocycles. The summed E-state index contributed by atoms with van der Waals surface area (Å²) >= 11 is 1.72. The molecule has 0 saturated heterocycles. The Morgan fingerprint density at radius 2 is 2.19 bits per heavy atom. The molecule has 1 aromatic heterocycles.